The summed E-state index contributed by atoms with van der Waals surface area (Å²) in [5, 5.41) is 9.28. The highest BCUT2D eigenvalue weighted by molar-refractivity contribution is 7.89. The number of primary sulfonamides is 1. The van der Waals surface area contributed by atoms with Gasteiger partial charge < -0.3 is 15.0 Å². The second kappa shape index (κ2) is 6.99. The predicted octanol–water partition coefficient (Wildman–Crippen LogP) is 2.66. The lowest BCUT2D eigenvalue weighted by Gasteiger charge is -2.11. The number of nitrogens with one attached hydrogen (secondary N) is 2. The number of amides is 1. The van der Waals surface area contributed by atoms with E-state index in [1.807, 2.05) is 6.07 Å². The van der Waals surface area contributed by atoms with Crippen LogP contribution in [-0.4, -0.2) is 26.4 Å². The van der Waals surface area contributed by atoms with Gasteiger partial charge in [0.15, 0.2) is 0 Å². The third-order valence-electron chi connectivity index (χ3n) is 3.85. The summed E-state index contributed by atoms with van der Waals surface area (Å²) in [6.45, 7) is 0. The monoisotopic (exact) mass is 393 g/mol. The van der Waals surface area contributed by atoms with Crippen LogP contribution in [0.5, 0.6) is 5.75 Å². The zero-order valence-electron chi connectivity index (χ0n) is 13.7. The normalized spacial score (nSPS) is 11.5. The molecule has 0 saturated heterocycles. The van der Waals surface area contributed by atoms with Crippen LogP contribution in [0.25, 0.3) is 10.9 Å². The number of methoxy groups -OCH3 is 1. The van der Waals surface area contributed by atoms with Gasteiger partial charge in [-0.25, -0.2) is 13.6 Å². The number of anilines is 1. The number of ether oxygens (including phenoxy) is 1. The minimum atomic E-state index is -3.89. The number of benzene rings is 2. The van der Waals surface area contributed by atoms with Gasteiger partial charge in [0.1, 0.15) is 5.75 Å². The number of halogens is 1. The van der Waals surface area contributed by atoms with Crippen molar-refractivity contribution in [2.45, 2.75) is 11.3 Å². The molecule has 0 radical (unpaired) electrons. The first-order chi connectivity index (χ1) is 12.3. The SMILES string of the molecule is COc1ccc(S(N)(=O)=O)cc1NC(=O)Cc1c[nH]c2cc(Cl)ccc12. The lowest BCUT2D eigenvalue weighted by atomic mass is 10.1. The zero-order valence-corrected chi connectivity index (χ0v) is 15.3. The van der Waals surface area contributed by atoms with Crippen LogP contribution in [0.4, 0.5) is 5.69 Å². The Labute approximate surface area is 155 Å². The molecule has 2 aromatic carbocycles. The molecule has 136 valence electrons. The number of sulfonamides is 1. The molecule has 1 aromatic heterocycles. The smallest absolute Gasteiger partial charge is 0.238 e. The highest BCUT2D eigenvalue weighted by Gasteiger charge is 2.15. The summed E-state index contributed by atoms with van der Waals surface area (Å²) in [6.07, 6.45) is 1.82. The number of rotatable bonds is 5. The molecule has 26 heavy (non-hydrogen) atoms. The van der Waals surface area contributed by atoms with Gasteiger partial charge in [-0.05, 0) is 35.9 Å². The van der Waals surface area contributed by atoms with E-state index in [0.717, 1.165) is 16.5 Å². The van der Waals surface area contributed by atoms with E-state index in [0.29, 0.717) is 10.8 Å². The van der Waals surface area contributed by atoms with Crippen molar-refractivity contribution in [3.63, 3.8) is 0 Å². The largest absolute Gasteiger partial charge is 0.495 e. The summed E-state index contributed by atoms with van der Waals surface area (Å²) in [7, 11) is -2.47. The summed E-state index contributed by atoms with van der Waals surface area (Å²) in [5.74, 6) is 0.00202. The molecule has 4 N–H and O–H groups in total. The number of carbonyl (C=O) groups excluding carboxylic acids is 1. The van der Waals surface area contributed by atoms with Crippen LogP contribution < -0.4 is 15.2 Å². The highest BCUT2D eigenvalue weighted by Crippen LogP contribution is 2.28. The molecule has 3 aromatic rings. The Bertz CT molecular complexity index is 1090. The Balaban J connectivity index is 1.85. The molecule has 0 atom stereocenters. The fourth-order valence-electron chi connectivity index (χ4n) is 2.63. The molecule has 0 fully saturated rings. The van der Waals surface area contributed by atoms with E-state index in [2.05, 4.69) is 10.3 Å². The number of aromatic nitrogens is 1. The lowest BCUT2D eigenvalue weighted by molar-refractivity contribution is -0.115. The average molecular weight is 394 g/mol. The van der Waals surface area contributed by atoms with Crippen LogP contribution in [0, 0.1) is 0 Å². The molecule has 1 amide bonds. The summed E-state index contributed by atoms with van der Waals surface area (Å²) < 4.78 is 28.2. The van der Waals surface area contributed by atoms with Gasteiger partial charge in [0, 0.05) is 22.1 Å². The standard InChI is InChI=1S/C17H16ClN3O4S/c1-25-16-5-3-12(26(19,23)24)8-15(16)21-17(22)6-10-9-20-14-7-11(18)2-4-13(10)14/h2-5,7-9,20H,6H2,1H3,(H,21,22)(H2,19,23,24). The van der Waals surface area contributed by atoms with Crippen LogP contribution in [0.3, 0.4) is 0 Å². The Morgan fingerprint density at radius 1 is 1.27 bits per heavy atom. The van der Waals surface area contributed by atoms with Crippen LogP contribution >= 0.6 is 11.6 Å². The highest BCUT2D eigenvalue weighted by atomic mass is 35.5. The lowest BCUT2D eigenvalue weighted by Crippen LogP contribution is -2.17. The molecule has 0 unspecified atom stereocenters. The van der Waals surface area contributed by atoms with Crippen molar-refractivity contribution in [3.8, 4) is 5.75 Å². The summed E-state index contributed by atoms with van der Waals surface area (Å²) in [6, 6.07) is 9.37. The Morgan fingerprint density at radius 2 is 2.04 bits per heavy atom. The molecular formula is C17H16ClN3O4S. The van der Waals surface area contributed by atoms with E-state index in [1.54, 1.807) is 18.3 Å². The van der Waals surface area contributed by atoms with Gasteiger partial charge in [-0.15, -0.1) is 0 Å². The van der Waals surface area contributed by atoms with Gasteiger partial charge in [0.2, 0.25) is 15.9 Å². The summed E-state index contributed by atoms with van der Waals surface area (Å²) >= 11 is 5.95. The van der Waals surface area contributed by atoms with E-state index >= 15 is 0 Å². The Morgan fingerprint density at radius 3 is 2.73 bits per heavy atom. The maximum absolute atomic E-state index is 12.4. The number of hydrogen-bond acceptors (Lipinski definition) is 4. The fourth-order valence-corrected chi connectivity index (χ4v) is 3.35. The van der Waals surface area contributed by atoms with Gasteiger partial charge in [-0.2, -0.15) is 0 Å². The topological polar surface area (TPSA) is 114 Å². The first-order valence-corrected chi connectivity index (χ1v) is 9.46. The molecule has 0 aliphatic heterocycles. The van der Waals surface area contributed by atoms with E-state index < -0.39 is 10.0 Å². The number of H-pyrrole nitrogens is 1. The molecule has 0 aliphatic carbocycles. The van der Waals surface area contributed by atoms with Crippen LogP contribution in [0.2, 0.25) is 5.02 Å². The van der Waals surface area contributed by atoms with E-state index in [1.165, 1.54) is 25.3 Å². The van der Waals surface area contributed by atoms with Crippen LogP contribution in [-0.2, 0) is 21.2 Å². The third kappa shape index (κ3) is 3.82. The summed E-state index contributed by atoms with van der Waals surface area (Å²) in [5.41, 5.74) is 1.84. The molecular weight excluding hydrogens is 378 g/mol. The molecule has 0 aliphatic rings. The molecule has 7 nitrogen and oxygen atoms in total. The van der Waals surface area contributed by atoms with Crippen molar-refractivity contribution in [2.75, 3.05) is 12.4 Å². The Kier molecular flexibility index (Phi) is 4.90. The quantitative estimate of drug-likeness (QED) is 0.618. The Hall–Kier alpha value is -2.55. The number of nitrogens with two attached hydrogens (primary N) is 1. The van der Waals surface area contributed by atoms with E-state index in [4.69, 9.17) is 21.5 Å². The number of hydrogen-bond donors (Lipinski definition) is 3. The minimum absolute atomic E-state index is 0.0877. The van der Waals surface area contributed by atoms with Crippen molar-refractivity contribution >= 4 is 44.1 Å². The van der Waals surface area contributed by atoms with E-state index in [9.17, 15) is 13.2 Å². The molecule has 3 rings (SSSR count). The van der Waals surface area contributed by atoms with E-state index in [-0.39, 0.29) is 22.9 Å². The van der Waals surface area contributed by atoms with Crippen molar-refractivity contribution in [2.24, 2.45) is 5.14 Å². The average Bonchev–Trinajstić information content (AvgIpc) is 2.95. The second-order valence-electron chi connectivity index (χ2n) is 5.64. The zero-order chi connectivity index (χ0) is 18.9. The maximum Gasteiger partial charge on any atom is 0.238 e. The van der Waals surface area contributed by atoms with Crippen molar-refractivity contribution in [1.82, 2.24) is 4.98 Å². The van der Waals surface area contributed by atoms with Gasteiger partial charge in [0.05, 0.1) is 24.1 Å². The van der Waals surface area contributed by atoms with Crippen LogP contribution in [0.1, 0.15) is 5.56 Å². The van der Waals surface area contributed by atoms with Crippen molar-refractivity contribution in [3.05, 3.63) is 53.2 Å². The van der Waals surface area contributed by atoms with Crippen molar-refractivity contribution < 1.29 is 17.9 Å². The van der Waals surface area contributed by atoms with Gasteiger partial charge in [-0.1, -0.05) is 17.7 Å². The number of carbonyl (C=O) groups is 1. The predicted molar refractivity (Wildman–Crippen MR) is 100 cm³/mol. The maximum atomic E-state index is 12.4. The first-order valence-electron chi connectivity index (χ1n) is 7.54. The summed E-state index contributed by atoms with van der Waals surface area (Å²) in [4.78, 5) is 15.4. The van der Waals surface area contributed by atoms with Gasteiger partial charge in [-0.3, -0.25) is 4.79 Å². The minimum Gasteiger partial charge on any atom is -0.495 e. The fraction of sp³-hybridized carbons (Fsp3) is 0.118. The second-order valence-corrected chi connectivity index (χ2v) is 7.63. The van der Waals surface area contributed by atoms with Crippen molar-refractivity contribution in [1.29, 1.82) is 0 Å². The molecule has 0 saturated carbocycles. The third-order valence-corrected chi connectivity index (χ3v) is 5.00. The molecule has 1 heterocycles. The van der Waals surface area contributed by atoms with Crippen LogP contribution in [0.15, 0.2) is 47.5 Å². The molecule has 0 spiro atoms. The first kappa shape index (κ1) is 18.2. The molecule has 9 heteroatoms. The van der Waals surface area contributed by atoms with Gasteiger partial charge in [0.25, 0.3) is 0 Å². The number of fused-ring (bicyclic) bond motifs is 1. The molecule has 0 bridgehead atoms. The van der Waals surface area contributed by atoms with Gasteiger partial charge >= 0.3 is 0 Å². The number of aromatic amines is 1.